The second-order valence-corrected chi connectivity index (χ2v) is 4.11. The Morgan fingerprint density at radius 3 is 2.83 bits per heavy atom. The number of benzene rings is 1. The molecule has 0 spiro atoms. The number of rotatable bonds is 4. The molecule has 1 aromatic heterocycles. The number of alkyl halides is 1. The summed E-state index contributed by atoms with van der Waals surface area (Å²) in [4.78, 5) is 4.22. The number of aliphatic hydroxyl groups is 1. The molecule has 1 N–H and O–H groups in total. The van der Waals surface area contributed by atoms with Crippen molar-refractivity contribution in [3.05, 3.63) is 35.5 Å². The van der Waals surface area contributed by atoms with Crippen molar-refractivity contribution >= 4 is 10.9 Å². The zero-order valence-corrected chi connectivity index (χ0v) is 10.5. The summed E-state index contributed by atoms with van der Waals surface area (Å²) >= 11 is 0. The summed E-state index contributed by atoms with van der Waals surface area (Å²) in [5.74, 6) is 0.656. The van der Waals surface area contributed by atoms with Gasteiger partial charge >= 0.3 is 0 Å². The summed E-state index contributed by atoms with van der Waals surface area (Å²) in [5.41, 5.74) is 1.76. The van der Waals surface area contributed by atoms with Gasteiger partial charge in [0.25, 0.3) is 0 Å². The lowest BCUT2D eigenvalue weighted by atomic mass is 9.98. The van der Waals surface area contributed by atoms with E-state index in [-0.39, 0.29) is 6.61 Å². The topological polar surface area (TPSA) is 42.4 Å². The van der Waals surface area contributed by atoms with E-state index in [9.17, 15) is 9.50 Å². The predicted octanol–water partition coefficient (Wildman–Crippen LogP) is 3.16. The van der Waals surface area contributed by atoms with Gasteiger partial charge < -0.3 is 9.84 Å². The van der Waals surface area contributed by atoms with Crippen LogP contribution in [0.25, 0.3) is 10.9 Å². The van der Waals surface area contributed by atoms with Crippen LogP contribution in [0.2, 0.25) is 0 Å². The molecule has 0 aliphatic carbocycles. The molecule has 0 radical (unpaired) electrons. The lowest BCUT2D eigenvalue weighted by molar-refractivity contribution is 0.271. The minimum absolute atomic E-state index is 0.212. The van der Waals surface area contributed by atoms with Crippen LogP contribution in [0.3, 0.4) is 0 Å². The first-order valence-electron chi connectivity index (χ1n) is 5.91. The molecule has 3 nitrogen and oxygen atoms in total. The summed E-state index contributed by atoms with van der Waals surface area (Å²) in [5, 5.41) is 10.0. The number of aromatic nitrogens is 1. The molecule has 2 aromatic rings. The maximum absolute atomic E-state index is 14.1. The van der Waals surface area contributed by atoms with Crippen LogP contribution in [0.1, 0.15) is 30.6 Å². The van der Waals surface area contributed by atoms with Crippen LogP contribution in [0.4, 0.5) is 4.39 Å². The van der Waals surface area contributed by atoms with Crippen molar-refractivity contribution in [3.63, 3.8) is 0 Å². The van der Waals surface area contributed by atoms with Crippen LogP contribution >= 0.6 is 0 Å². The molecule has 1 aromatic carbocycles. The minimum atomic E-state index is -1.11. The molecular weight excluding hydrogens is 233 g/mol. The highest BCUT2D eigenvalue weighted by atomic mass is 19.1. The molecule has 96 valence electrons. The Bertz CT molecular complexity index is 551. The second-order valence-electron chi connectivity index (χ2n) is 4.11. The zero-order valence-electron chi connectivity index (χ0n) is 10.5. The second kappa shape index (κ2) is 5.31. The van der Waals surface area contributed by atoms with Crippen LogP contribution < -0.4 is 4.74 Å². The Morgan fingerprint density at radius 1 is 1.44 bits per heavy atom. The fourth-order valence-corrected chi connectivity index (χ4v) is 2.06. The van der Waals surface area contributed by atoms with Gasteiger partial charge in [0.05, 0.1) is 19.2 Å². The van der Waals surface area contributed by atoms with Gasteiger partial charge in [-0.3, -0.25) is 4.98 Å². The number of hydrogen-bond acceptors (Lipinski definition) is 3. The van der Waals surface area contributed by atoms with E-state index in [0.717, 1.165) is 0 Å². The van der Waals surface area contributed by atoms with Gasteiger partial charge in [0.15, 0.2) is 0 Å². The van der Waals surface area contributed by atoms with Gasteiger partial charge in [0.1, 0.15) is 11.9 Å². The standard InChI is InChI=1S/C14H16FNO2/c1-3-12(15)14-9(8-17)7-16-13-5-4-10(18-2)6-11(13)14/h4-7,12,17H,3,8H2,1-2H3. The van der Waals surface area contributed by atoms with Crippen molar-refractivity contribution in [2.75, 3.05) is 7.11 Å². The third-order valence-electron chi connectivity index (χ3n) is 3.04. The molecule has 0 bridgehead atoms. The van der Waals surface area contributed by atoms with E-state index in [1.165, 1.54) is 6.20 Å². The molecule has 0 fully saturated rings. The molecule has 4 heteroatoms. The molecule has 0 aliphatic heterocycles. The fourth-order valence-electron chi connectivity index (χ4n) is 2.06. The maximum Gasteiger partial charge on any atom is 0.126 e. The number of ether oxygens (including phenoxy) is 1. The largest absolute Gasteiger partial charge is 0.497 e. The molecular formula is C14H16FNO2. The molecule has 0 amide bonds. The molecule has 0 aliphatic rings. The predicted molar refractivity (Wildman–Crippen MR) is 68.4 cm³/mol. The van der Waals surface area contributed by atoms with Gasteiger partial charge in [-0.25, -0.2) is 4.39 Å². The van der Waals surface area contributed by atoms with Crippen LogP contribution in [-0.2, 0) is 6.61 Å². The van der Waals surface area contributed by atoms with E-state index in [0.29, 0.717) is 34.2 Å². The monoisotopic (exact) mass is 249 g/mol. The number of aliphatic hydroxyl groups excluding tert-OH is 1. The minimum Gasteiger partial charge on any atom is -0.497 e. The van der Waals surface area contributed by atoms with Crippen LogP contribution in [0, 0.1) is 0 Å². The number of hydrogen-bond donors (Lipinski definition) is 1. The lowest BCUT2D eigenvalue weighted by Crippen LogP contribution is -2.01. The first-order valence-corrected chi connectivity index (χ1v) is 5.91. The third kappa shape index (κ3) is 2.16. The highest BCUT2D eigenvalue weighted by molar-refractivity contribution is 5.85. The zero-order chi connectivity index (χ0) is 13.1. The first-order chi connectivity index (χ1) is 8.71. The Labute approximate surface area is 105 Å². The van der Waals surface area contributed by atoms with Crippen molar-refractivity contribution in [1.29, 1.82) is 0 Å². The SMILES string of the molecule is CCC(F)c1c(CO)cnc2ccc(OC)cc12. The van der Waals surface area contributed by atoms with Gasteiger partial charge in [-0.05, 0) is 24.6 Å². The average molecular weight is 249 g/mol. The number of methoxy groups -OCH3 is 1. The molecule has 1 heterocycles. The van der Waals surface area contributed by atoms with Gasteiger partial charge in [0.2, 0.25) is 0 Å². The Morgan fingerprint density at radius 2 is 2.22 bits per heavy atom. The Hall–Kier alpha value is -1.68. The molecule has 1 unspecified atom stereocenters. The highest BCUT2D eigenvalue weighted by Crippen LogP contribution is 2.33. The first kappa shape index (κ1) is 12.8. The molecule has 2 rings (SSSR count). The van der Waals surface area contributed by atoms with E-state index in [2.05, 4.69) is 4.98 Å². The van der Waals surface area contributed by atoms with Crippen LogP contribution in [0.15, 0.2) is 24.4 Å². The highest BCUT2D eigenvalue weighted by Gasteiger charge is 2.17. The number of fused-ring (bicyclic) bond motifs is 1. The van der Waals surface area contributed by atoms with Crippen molar-refractivity contribution in [2.45, 2.75) is 26.1 Å². The Kier molecular flexibility index (Phi) is 3.77. The lowest BCUT2D eigenvalue weighted by Gasteiger charge is -2.14. The average Bonchev–Trinajstić information content (AvgIpc) is 2.44. The van der Waals surface area contributed by atoms with E-state index >= 15 is 0 Å². The molecule has 18 heavy (non-hydrogen) atoms. The summed E-state index contributed by atoms with van der Waals surface area (Å²) in [6.45, 7) is 1.56. The van der Waals surface area contributed by atoms with Gasteiger partial charge in [-0.15, -0.1) is 0 Å². The summed E-state index contributed by atoms with van der Waals surface area (Å²) < 4.78 is 19.2. The van der Waals surface area contributed by atoms with E-state index < -0.39 is 6.17 Å². The number of halogens is 1. The van der Waals surface area contributed by atoms with Crippen molar-refractivity contribution < 1.29 is 14.2 Å². The quantitative estimate of drug-likeness (QED) is 0.905. The van der Waals surface area contributed by atoms with E-state index in [4.69, 9.17) is 4.74 Å². The smallest absolute Gasteiger partial charge is 0.126 e. The molecule has 0 saturated carbocycles. The van der Waals surface area contributed by atoms with Crippen molar-refractivity contribution in [1.82, 2.24) is 4.98 Å². The van der Waals surface area contributed by atoms with E-state index in [1.54, 1.807) is 32.2 Å². The Balaban J connectivity index is 2.73. The number of pyridine rings is 1. The fraction of sp³-hybridized carbons (Fsp3) is 0.357. The van der Waals surface area contributed by atoms with Crippen molar-refractivity contribution in [2.24, 2.45) is 0 Å². The van der Waals surface area contributed by atoms with Crippen LogP contribution in [-0.4, -0.2) is 17.2 Å². The van der Waals surface area contributed by atoms with Gasteiger partial charge in [-0.2, -0.15) is 0 Å². The summed E-state index contributed by atoms with van der Waals surface area (Å²) in [7, 11) is 1.57. The third-order valence-corrected chi connectivity index (χ3v) is 3.04. The van der Waals surface area contributed by atoms with Crippen molar-refractivity contribution in [3.8, 4) is 5.75 Å². The van der Waals surface area contributed by atoms with E-state index in [1.807, 2.05) is 0 Å². The maximum atomic E-state index is 14.1. The van der Waals surface area contributed by atoms with Gasteiger partial charge in [0, 0.05) is 22.7 Å². The molecule has 1 atom stereocenters. The normalized spacial score (nSPS) is 12.7. The summed E-state index contributed by atoms with van der Waals surface area (Å²) in [6, 6.07) is 5.34. The summed E-state index contributed by atoms with van der Waals surface area (Å²) in [6.07, 6.45) is 0.792. The number of nitrogens with zero attached hydrogens (tertiary/aromatic N) is 1. The van der Waals surface area contributed by atoms with Gasteiger partial charge in [-0.1, -0.05) is 6.92 Å². The molecule has 0 saturated heterocycles. The van der Waals surface area contributed by atoms with Crippen LogP contribution in [0.5, 0.6) is 5.75 Å².